The average molecular weight is 400 g/mol. The Hall–Kier alpha value is -2.07. The number of nitrogens with one attached hydrogen (secondary N) is 1. The molecule has 0 bridgehead atoms. The first kappa shape index (κ1) is 21.2. The van der Waals surface area contributed by atoms with Crippen LogP contribution in [0.25, 0.3) is 0 Å². The van der Waals surface area contributed by atoms with Gasteiger partial charge in [0.25, 0.3) is 11.8 Å². The highest BCUT2D eigenvalue weighted by molar-refractivity contribution is 8.00. The number of fused-ring (bicyclic) bond motifs is 1. The quantitative estimate of drug-likeness (QED) is 0.497. The summed E-state index contributed by atoms with van der Waals surface area (Å²) in [6, 6.07) is 0. The van der Waals surface area contributed by atoms with Gasteiger partial charge in [0.05, 0.1) is 0 Å². The standard InChI is InChI=1S/C17H24N2O7S/c1-9(20)25-7-10-8-27-16-13(24-5)15(23)19(16)12(10)14(22)18-6-11(21)26-17(2,3)4/h13,16H,6-8H2,1-5H3,(H,18,22)/t13-,16?/m0/s1. The number of carbonyl (C=O) groups is 4. The summed E-state index contributed by atoms with van der Waals surface area (Å²) in [6.45, 7) is 5.98. The molecule has 2 atom stereocenters. The van der Waals surface area contributed by atoms with Crippen LogP contribution < -0.4 is 5.32 Å². The van der Waals surface area contributed by atoms with Gasteiger partial charge in [0.1, 0.15) is 29.8 Å². The summed E-state index contributed by atoms with van der Waals surface area (Å²) in [6.07, 6.45) is -0.626. The van der Waals surface area contributed by atoms with Gasteiger partial charge in [-0.3, -0.25) is 24.1 Å². The van der Waals surface area contributed by atoms with Crippen molar-refractivity contribution < 1.29 is 33.4 Å². The number of methoxy groups -OCH3 is 1. The number of rotatable bonds is 6. The lowest BCUT2D eigenvalue weighted by Gasteiger charge is -2.49. The summed E-state index contributed by atoms with van der Waals surface area (Å²) in [5, 5.41) is 2.15. The van der Waals surface area contributed by atoms with Crippen LogP contribution in [0.15, 0.2) is 11.3 Å². The highest BCUT2D eigenvalue weighted by Gasteiger charge is 2.53. The molecule has 0 spiro atoms. The molecule has 9 nitrogen and oxygen atoms in total. The lowest BCUT2D eigenvalue weighted by molar-refractivity contribution is -0.160. The summed E-state index contributed by atoms with van der Waals surface area (Å²) in [5.41, 5.74) is -0.0781. The molecule has 2 aliphatic heterocycles. The van der Waals surface area contributed by atoms with Gasteiger partial charge in [0.2, 0.25) is 0 Å². The lowest BCUT2D eigenvalue weighted by Crippen LogP contribution is -2.66. The van der Waals surface area contributed by atoms with Crippen molar-refractivity contribution >= 4 is 35.5 Å². The molecule has 1 N–H and O–H groups in total. The molecule has 1 fully saturated rings. The second kappa shape index (κ2) is 8.30. The molecule has 27 heavy (non-hydrogen) atoms. The number of hydrogen-bond acceptors (Lipinski definition) is 8. The molecule has 2 aliphatic rings. The van der Waals surface area contributed by atoms with E-state index in [0.29, 0.717) is 11.3 Å². The monoisotopic (exact) mass is 400 g/mol. The molecular formula is C17H24N2O7S. The van der Waals surface area contributed by atoms with Crippen LogP contribution in [-0.2, 0) is 33.4 Å². The van der Waals surface area contributed by atoms with Crippen LogP contribution in [0.5, 0.6) is 0 Å². The van der Waals surface area contributed by atoms with Crippen molar-refractivity contribution in [3.8, 4) is 0 Å². The number of thioether (sulfide) groups is 1. The Morgan fingerprint density at radius 3 is 2.52 bits per heavy atom. The molecule has 0 aromatic carbocycles. The summed E-state index contributed by atoms with van der Waals surface area (Å²) in [5.74, 6) is -1.64. The van der Waals surface area contributed by atoms with E-state index in [9.17, 15) is 19.2 Å². The molecule has 2 amide bonds. The number of hydrogen-bond donors (Lipinski definition) is 1. The van der Waals surface area contributed by atoms with E-state index >= 15 is 0 Å². The van der Waals surface area contributed by atoms with Crippen LogP contribution in [0.1, 0.15) is 27.7 Å². The van der Waals surface area contributed by atoms with Crippen LogP contribution in [0.4, 0.5) is 0 Å². The van der Waals surface area contributed by atoms with E-state index in [1.165, 1.54) is 30.7 Å². The van der Waals surface area contributed by atoms with E-state index in [-0.39, 0.29) is 30.1 Å². The number of nitrogens with zero attached hydrogens (tertiary/aromatic N) is 1. The van der Waals surface area contributed by atoms with E-state index in [4.69, 9.17) is 14.2 Å². The Morgan fingerprint density at radius 1 is 1.30 bits per heavy atom. The highest BCUT2D eigenvalue weighted by Crippen LogP contribution is 2.41. The Balaban J connectivity index is 2.15. The maximum absolute atomic E-state index is 12.7. The molecule has 0 aliphatic carbocycles. The van der Waals surface area contributed by atoms with Crippen LogP contribution in [0.2, 0.25) is 0 Å². The summed E-state index contributed by atoms with van der Waals surface area (Å²) >= 11 is 1.42. The summed E-state index contributed by atoms with van der Waals surface area (Å²) in [7, 11) is 1.43. The van der Waals surface area contributed by atoms with E-state index in [1.54, 1.807) is 20.8 Å². The third-order valence-corrected chi connectivity index (χ3v) is 5.05. The first-order valence-electron chi connectivity index (χ1n) is 8.38. The van der Waals surface area contributed by atoms with Crippen molar-refractivity contribution in [3.63, 3.8) is 0 Å². The van der Waals surface area contributed by atoms with Crippen LogP contribution in [-0.4, -0.2) is 71.7 Å². The lowest BCUT2D eigenvalue weighted by atomic mass is 10.0. The maximum atomic E-state index is 12.7. The van der Waals surface area contributed by atoms with E-state index < -0.39 is 29.6 Å². The van der Waals surface area contributed by atoms with Gasteiger partial charge in [-0.2, -0.15) is 0 Å². The molecule has 0 aromatic rings. The van der Waals surface area contributed by atoms with E-state index in [0.717, 1.165) is 0 Å². The topological polar surface area (TPSA) is 111 Å². The zero-order valence-corrected chi connectivity index (χ0v) is 16.8. The minimum atomic E-state index is -0.673. The van der Waals surface area contributed by atoms with Gasteiger partial charge in [0.15, 0.2) is 6.10 Å². The van der Waals surface area contributed by atoms with Crippen molar-refractivity contribution in [3.05, 3.63) is 11.3 Å². The fourth-order valence-corrected chi connectivity index (χ4v) is 4.01. The largest absolute Gasteiger partial charge is 0.461 e. The van der Waals surface area contributed by atoms with Gasteiger partial charge >= 0.3 is 11.9 Å². The average Bonchev–Trinajstić information content (AvgIpc) is 2.55. The van der Waals surface area contributed by atoms with Crippen LogP contribution in [0, 0.1) is 0 Å². The van der Waals surface area contributed by atoms with Crippen molar-refractivity contribution in [1.82, 2.24) is 10.2 Å². The fourth-order valence-electron chi connectivity index (χ4n) is 2.66. The third kappa shape index (κ3) is 5.01. The highest BCUT2D eigenvalue weighted by atomic mass is 32.2. The predicted molar refractivity (Wildman–Crippen MR) is 96.4 cm³/mol. The number of amides is 2. The zero-order valence-electron chi connectivity index (χ0n) is 16.0. The van der Waals surface area contributed by atoms with E-state index in [2.05, 4.69) is 5.32 Å². The maximum Gasteiger partial charge on any atom is 0.325 e. The van der Waals surface area contributed by atoms with Crippen molar-refractivity contribution in [2.75, 3.05) is 26.0 Å². The Kier molecular flexibility index (Phi) is 6.53. The zero-order chi connectivity index (χ0) is 20.4. The number of β-lactam (4-membered cyclic amide) rings is 1. The van der Waals surface area contributed by atoms with Crippen LogP contribution >= 0.6 is 11.8 Å². The molecule has 0 radical (unpaired) electrons. The van der Waals surface area contributed by atoms with E-state index in [1.807, 2.05) is 0 Å². The second-order valence-corrected chi connectivity index (χ2v) is 8.17. The second-order valence-electron chi connectivity index (χ2n) is 7.07. The normalized spacial score (nSPS) is 22.0. The molecule has 1 unspecified atom stereocenters. The minimum absolute atomic E-state index is 0.0989. The van der Waals surface area contributed by atoms with Gasteiger partial charge in [-0.05, 0) is 20.8 Å². The Bertz CT molecular complexity index is 683. The Labute approximate surface area is 161 Å². The molecule has 0 aromatic heterocycles. The fraction of sp³-hybridized carbons (Fsp3) is 0.647. The molecule has 10 heteroatoms. The van der Waals surface area contributed by atoms with Crippen molar-refractivity contribution in [1.29, 1.82) is 0 Å². The smallest absolute Gasteiger partial charge is 0.325 e. The molecule has 2 heterocycles. The van der Waals surface area contributed by atoms with Crippen LogP contribution in [0.3, 0.4) is 0 Å². The Morgan fingerprint density at radius 2 is 1.96 bits per heavy atom. The third-order valence-electron chi connectivity index (χ3n) is 3.73. The predicted octanol–water partition coefficient (Wildman–Crippen LogP) is 0.192. The molecule has 2 rings (SSSR count). The van der Waals surface area contributed by atoms with Gasteiger partial charge in [-0.1, -0.05) is 0 Å². The molecule has 150 valence electrons. The first-order valence-corrected chi connectivity index (χ1v) is 9.43. The van der Waals surface area contributed by atoms with Crippen molar-refractivity contribution in [2.45, 2.75) is 44.8 Å². The first-order chi connectivity index (χ1) is 12.5. The van der Waals surface area contributed by atoms with Gasteiger partial charge < -0.3 is 19.5 Å². The van der Waals surface area contributed by atoms with Crippen molar-refractivity contribution in [2.24, 2.45) is 0 Å². The minimum Gasteiger partial charge on any atom is -0.461 e. The summed E-state index contributed by atoms with van der Waals surface area (Å²) in [4.78, 5) is 49.3. The number of ether oxygens (including phenoxy) is 3. The van der Waals surface area contributed by atoms with Gasteiger partial charge in [-0.25, -0.2) is 0 Å². The van der Waals surface area contributed by atoms with Gasteiger partial charge in [-0.15, -0.1) is 11.8 Å². The molecule has 1 saturated heterocycles. The number of esters is 2. The van der Waals surface area contributed by atoms with Gasteiger partial charge in [0, 0.05) is 25.4 Å². The number of carbonyl (C=O) groups excluding carboxylic acids is 4. The molecule has 0 saturated carbocycles. The SMILES string of the molecule is CO[C@H]1C(=O)N2C(C(=O)NCC(=O)OC(C)(C)C)=C(COC(C)=O)CSC12. The molecular weight excluding hydrogens is 376 g/mol. The summed E-state index contributed by atoms with van der Waals surface area (Å²) < 4.78 is 15.3.